The van der Waals surface area contributed by atoms with Crippen molar-refractivity contribution < 1.29 is 8.81 Å². The summed E-state index contributed by atoms with van der Waals surface area (Å²) < 4.78 is 18.1. The largest absolute Gasteiger partial charge is 0.467 e. The number of anilines is 2. The van der Waals surface area contributed by atoms with Gasteiger partial charge < -0.3 is 15.1 Å². The zero-order chi connectivity index (χ0) is 15.2. The maximum absolute atomic E-state index is 12.8. The Balaban J connectivity index is 1.57. The van der Waals surface area contributed by atoms with Crippen LogP contribution >= 0.6 is 0 Å². The Morgan fingerprint density at radius 1 is 1.00 bits per heavy atom. The van der Waals surface area contributed by atoms with Gasteiger partial charge in [0.2, 0.25) is 5.95 Å². The van der Waals surface area contributed by atoms with E-state index in [0.29, 0.717) is 24.9 Å². The molecule has 0 saturated heterocycles. The van der Waals surface area contributed by atoms with E-state index in [0.717, 1.165) is 11.3 Å². The van der Waals surface area contributed by atoms with Gasteiger partial charge in [-0.1, -0.05) is 12.1 Å². The Labute approximate surface area is 127 Å². The number of aromatic nitrogens is 2. The first-order valence-corrected chi connectivity index (χ1v) is 6.87. The van der Waals surface area contributed by atoms with Crippen LogP contribution in [0.4, 0.5) is 16.2 Å². The molecule has 2 N–H and O–H groups in total. The van der Waals surface area contributed by atoms with Crippen LogP contribution in [0.15, 0.2) is 59.3 Å². The zero-order valence-corrected chi connectivity index (χ0v) is 11.8. The maximum atomic E-state index is 12.8. The number of nitrogens with zero attached hydrogens (tertiary/aromatic N) is 2. The van der Waals surface area contributed by atoms with Crippen LogP contribution in [0.5, 0.6) is 0 Å². The van der Waals surface area contributed by atoms with Gasteiger partial charge in [0.1, 0.15) is 17.4 Å². The molecule has 0 aliphatic carbocycles. The quantitative estimate of drug-likeness (QED) is 0.730. The van der Waals surface area contributed by atoms with Crippen molar-refractivity contribution in [2.45, 2.75) is 13.1 Å². The van der Waals surface area contributed by atoms with Crippen molar-refractivity contribution in [3.63, 3.8) is 0 Å². The molecule has 6 heteroatoms. The molecule has 0 saturated carbocycles. The molecule has 0 radical (unpaired) electrons. The van der Waals surface area contributed by atoms with Gasteiger partial charge in [0, 0.05) is 12.7 Å². The molecule has 0 amide bonds. The molecule has 0 unspecified atom stereocenters. The highest BCUT2D eigenvalue weighted by molar-refractivity contribution is 5.40. The minimum Gasteiger partial charge on any atom is -0.467 e. The summed E-state index contributed by atoms with van der Waals surface area (Å²) >= 11 is 0. The minimum absolute atomic E-state index is 0.241. The van der Waals surface area contributed by atoms with Gasteiger partial charge >= 0.3 is 0 Å². The second-order valence-electron chi connectivity index (χ2n) is 4.68. The molecule has 0 spiro atoms. The van der Waals surface area contributed by atoms with Gasteiger partial charge in [-0.25, -0.2) is 9.37 Å². The van der Waals surface area contributed by atoms with Crippen LogP contribution in [0, 0.1) is 5.82 Å². The van der Waals surface area contributed by atoms with E-state index >= 15 is 0 Å². The molecule has 2 aromatic heterocycles. The third-order valence-corrected chi connectivity index (χ3v) is 3.04. The zero-order valence-electron chi connectivity index (χ0n) is 11.8. The fourth-order valence-electron chi connectivity index (χ4n) is 1.92. The van der Waals surface area contributed by atoms with E-state index in [-0.39, 0.29) is 5.82 Å². The van der Waals surface area contributed by atoms with Crippen LogP contribution in [0.1, 0.15) is 11.3 Å². The van der Waals surface area contributed by atoms with Crippen molar-refractivity contribution >= 4 is 11.8 Å². The Kier molecular flexibility index (Phi) is 4.29. The van der Waals surface area contributed by atoms with Crippen LogP contribution in [0.3, 0.4) is 0 Å². The monoisotopic (exact) mass is 298 g/mol. The molecule has 0 aliphatic heterocycles. The van der Waals surface area contributed by atoms with Gasteiger partial charge in [0.25, 0.3) is 0 Å². The first-order chi connectivity index (χ1) is 10.8. The standard InChI is InChI=1S/C16H15FN4O/c17-13-5-3-12(4-6-13)10-19-15-7-8-18-16(21-15)20-11-14-2-1-9-22-14/h1-9H,10-11H2,(H2,18,19,20,21). The lowest BCUT2D eigenvalue weighted by atomic mass is 10.2. The van der Waals surface area contributed by atoms with Crippen LogP contribution in [0.25, 0.3) is 0 Å². The third kappa shape index (κ3) is 3.82. The first kappa shape index (κ1) is 14.1. The average Bonchev–Trinajstić information content (AvgIpc) is 3.06. The summed E-state index contributed by atoms with van der Waals surface area (Å²) in [7, 11) is 0. The molecule has 0 aliphatic rings. The van der Waals surface area contributed by atoms with Crippen LogP contribution in [-0.2, 0) is 13.1 Å². The second-order valence-corrected chi connectivity index (χ2v) is 4.68. The van der Waals surface area contributed by atoms with Crippen LogP contribution in [-0.4, -0.2) is 9.97 Å². The van der Waals surface area contributed by atoms with Gasteiger partial charge in [-0.2, -0.15) is 4.98 Å². The van der Waals surface area contributed by atoms with Crippen molar-refractivity contribution in [3.8, 4) is 0 Å². The van der Waals surface area contributed by atoms with E-state index < -0.39 is 0 Å². The van der Waals surface area contributed by atoms with Gasteiger partial charge in [-0.05, 0) is 35.9 Å². The lowest BCUT2D eigenvalue weighted by Crippen LogP contribution is -2.06. The third-order valence-electron chi connectivity index (χ3n) is 3.04. The van der Waals surface area contributed by atoms with Gasteiger partial charge in [0.15, 0.2) is 0 Å². The van der Waals surface area contributed by atoms with E-state index in [1.165, 1.54) is 12.1 Å². The fourth-order valence-corrected chi connectivity index (χ4v) is 1.92. The van der Waals surface area contributed by atoms with Crippen molar-refractivity contribution in [1.29, 1.82) is 0 Å². The first-order valence-electron chi connectivity index (χ1n) is 6.87. The predicted molar refractivity (Wildman–Crippen MR) is 81.8 cm³/mol. The number of hydrogen-bond acceptors (Lipinski definition) is 5. The molecule has 22 heavy (non-hydrogen) atoms. The van der Waals surface area contributed by atoms with Crippen LogP contribution in [0.2, 0.25) is 0 Å². The van der Waals surface area contributed by atoms with Gasteiger partial charge in [0.05, 0.1) is 12.8 Å². The van der Waals surface area contributed by atoms with E-state index in [9.17, 15) is 4.39 Å². The normalized spacial score (nSPS) is 10.4. The highest BCUT2D eigenvalue weighted by Gasteiger charge is 2.01. The lowest BCUT2D eigenvalue weighted by molar-refractivity contribution is 0.517. The number of benzene rings is 1. The summed E-state index contributed by atoms with van der Waals surface area (Å²) in [5.74, 6) is 1.78. The number of nitrogens with one attached hydrogen (secondary N) is 2. The Bertz CT molecular complexity index is 713. The number of halogens is 1. The summed E-state index contributed by atoms with van der Waals surface area (Å²) in [6.07, 6.45) is 3.29. The van der Waals surface area contributed by atoms with Crippen molar-refractivity contribution in [2.24, 2.45) is 0 Å². The number of furan rings is 1. The SMILES string of the molecule is Fc1ccc(CNc2ccnc(NCc3ccco3)n2)cc1. The molecule has 5 nitrogen and oxygen atoms in total. The smallest absolute Gasteiger partial charge is 0.224 e. The molecule has 0 bridgehead atoms. The van der Waals surface area contributed by atoms with E-state index in [1.807, 2.05) is 12.1 Å². The highest BCUT2D eigenvalue weighted by atomic mass is 19.1. The van der Waals surface area contributed by atoms with Crippen molar-refractivity contribution in [1.82, 2.24) is 9.97 Å². The number of rotatable bonds is 6. The molecule has 0 atom stereocenters. The molecule has 2 heterocycles. The summed E-state index contributed by atoms with van der Waals surface area (Å²) in [6, 6.07) is 11.8. The topological polar surface area (TPSA) is 63.0 Å². The van der Waals surface area contributed by atoms with E-state index in [2.05, 4.69) is 20.6 Å². The molecule has 112 valence electrons. The van der Waals surface area contributed by atoms with Crippen molar-refractivity contribution in [3.05, 3.63) is 72.1 Å². The fraction of sp³-hybridized carbons (Fsp3) is 0.125. The van der Waals surface area contributed by atoms with Gasteiger partial charge in [-0.15, -0.1) is 0 Å². The summed E-state index contributed by atoms with van der Waals surface area (Å²) in [5.41, 5.74) is 0.977. The Morgan fingerprint density at radius 3 is 2.64 bits per heavy atom. The Morgan fingerprint density at radius 2 is 1.86 bits per heavy atom. The van der Waals surface area contributed by atoms with Crippen LogP contribution < -0.4 is 10.6 Å². The molecular weight excluding hydrogens is 283 g/mol. The molecule has 3 rings (SSSR count). The maximum Gasteiger partial charge on any atom is 0.224 e. The second kappa shape index (κ2) is 6.71. The summed E-state index contributed by atoms with van der Waals surface area (Å²) in [4.78, 5) is 8.51. The number of hydrogen-bond donors (Lipinski definition) is 2. The molecule has 0 fully saturated rings. The summed E-state index contributed by atoms with van der Waals surface area (Å²) in [6.45, 7) is 1.09. The van der Waals surface area contributed by atoms with Gasteiger partial charge in [-0.3, -0.25) is 0 Å². The highest BCUT2D eigenvalue weighted by Crippen LogP contribution is 2.10. The predicted octanol–water partition coefficient (Wildman–Crippen LogP) is 3.43. The lowest BCUT2D eigenvalue weighted by Gasteiger charge is -2.08. The average molecular weight is 298 g/mol. The molecular formula is C16H15FN4O. The Hall–Kier alpha value is -2.89. The summed E-state index contributed by atoms with van der Waals surface area (Å²) in [5, 5.41) is 6.26. The minimum atomic E-state index is -0.241. The molecule has 1 aromatic carbocycles. The molecule has 3 aromatic rings. The van der Waals surface area contributed by atoms with Crippen molar-refractivity contribution in [2.75, 3.05) is 10.6 Å². The van der Waals surface area contributed by atoms with E-state index in [1.54, 1.807) is 30.7 Å². The van der Waals surface area contributed by atoms with E-state index in [4.69, 9.17) is 4.42 Å².